The molecule has 2 aromatic heterocycles. The Balaban J connectivity index is 1.39. The Morgan fingerprint density at radius 1 is 1.06 bits per heavy atom. The van der Waals surface area contributed by atoms with Crippen molar-refractivity contribution in [3.63, 3.8) is 0 Å². The molecule has 2 N–H and O–H groups in total. The second kappa shape index (κ2) is 8.95. The van der Waals surface area contributed by atoms with Gasteiger partial charge in [0, 0.05) is 24.0 Å². The number of hydrogen-bond acceptors (Lipinski definition) is 6. The molecule has 0 bridgehead atoms. The van der Waals surface area contributed by atoms with Gasteiger partial charge in [-0.3, -0.25) is 14.4 Å². The minimum absolute atomic E-state index is 0.0524. The summed E-state index contributed by atoms with van der Waals surface area (Å²) in [6, 6.07) is 16.0. The van der Waals surface area contributed by atoms with Gasteiger partial charge in [0.2, 0.25) is 5.78 Å². The molecule has 0 saturated heterocycles. The number of ketones is 1. The van der Waals surface area contributed by atoms with Crippen LogP contribution in [-0.4, -0.2) is 44.4 Å². The molecule has 8 nitrogen and oxygen atoms in total. The number of fused-ring (bicyclic) bond motifs is 1. The van der Waals surface area contributed by atoms with Crippen LogP contribution in [0.5, 0.6) is 0 Å². The van der Waals surface area contributed by atoms with Gasteiger partial charge < -0.3 is 10.6 Å². The fraction of sp³-hybridized carbons (Fsp3) is 0.208. The molecule has 33 heavy (non-hydrogen) atoms. The quantitative estimate of drug-likeness (QED) is 0.394. The topological polar surface area (TPSA) is 106 Å². The normalized spacial score (nSPS) is 14.1. The smallest absolute Gasteiger partial charge is 0.289 e. The molecular formula is C24H21N5O3S. The van der Waals surface area contributed by atoms with E-state index in [0.717, 1.165) is 40.6 Å². The summed E-state index contributed by atoms with van der Waals surface area (Å²) < 4.78 is 1.56. The lowest BCUT2D eigenvalue weighted by Gasteiger charge is -2.17. The van der Waals surface area contributed by atoms with E-state index in [-0.39, 0.29) is 12.5 Å². The van der Waals surface area contributed by atoms with Crippen molar-refractivity contribution in [3.05, 3.63) is 76.7 Å². The summed E-state index contributed by atoms with van der Waals surface area (Å²) in [4.78, 5) is 43.2. The van der Waals surface area contributed by atoms with Gasteiger partial charge in [0.1, 0.15) is 10.9 Å². The Kier molecular flexibility index (Phi) is 5.70. The van der Waals surface area contributed by atoms with Crippen molar-refractivity contribution in [2.75, 3.05) is 0 Å². The van der Waals surface area contributed by atoms with Gasteiger partial charge >= 0.3 is 0 Å². The summed E-state index contributed by atoms with van der Waals surface area (Å²) in [5.41, 5.74) is 3.19. The molecule has 2 heterocycles. The SMILES string of the molecule is O=C(NC1CC1)C(=O)C(Cc1ccccc1)NC(=O)c1scnc1-n1cc2ccccc2n1. The summed E-state index contributed by atoms with van der Waals surface area (Å²) in [5.74, 6) is -1.42. The molecule has 0 aliphatic heterocycles. The lowest BCUT2D eigenvalue weighted by Crippen LogP contribution is -2.49. The van der Waals surface area contributed by atoms with Crippen LogP contribution in [0.2, 0.25) is 0 Å². The second-order valence-electron chi connectivity index (χ2n) is 7.97. The van der Waals surface area contributed by atoms with Gasteiger partial charge in [0.25, 0.3) is 11.8 Å². The van der Waals surface area contributed by atoms with Gasteiger partial charge in [-0.05, 0) is 24.5 Å². The fourth-order valence-corrected chi connectivity index (χ4v) is 4.23. The van der Waals surface area contributed by atoms with Crippen LogP contribution in [0.1, 0.15) is 28.1 Å². The van der Waals surface area contributed by atoms with Crippen LogP contribution in [0.25, 0.3) is 16.7 Å². The second-order valence-corrected chi connectivity index (χ2v) is 8.82. The maximum Gasteiger partial charge on any atom is 0.289 e. The number of carbonyl (C=O) groups is 3. The van der Waals surface area contributed by atoms with Gasteiger partial charge in [0.15, 0.2) is 5.82 Å². The Morgan fingerprint density at radius 2 is 1.82 bits per heavy atom. The summed E-state index contributed by atoms with van der Waals surface area (Å²) in [6.07, 6.45) is 3.76. The van der Waals surface area contributed by atoms with Gasteiger partial charge in [-0.1, -0.05) is 48.5 Å². The Bertz CT molecular complexity index is 1290. The lowest BCUT2D eigenvalue weighted by atomic mass is 10.0. The zero-order chi connectivity index (χ0) is 22.8. The number of amides is 2. The highest BCUT2D eigenvalue weighted by Gasteiger charge is 2.32. The molecule has 0 radical (unpaired) electrons. The zero-order valence-corrected chi connectivity index (χ0v) is 18.4. The number of aromatic nitrogens is 3. The summed E-state index contributed by atoms with van der Waals surface area (Å²) in [5, 5.41) is 10.9. The van der Waals surface area contributed by atoms with Crippen molar-refractivity contribution >= 4 is 39.8 Å². The van der Waals surface area contributed by atoms with Crippen molar-refractivity contribution < 1.29 is 14.4 Å². The molecule has 1 fully saturated rings. The molecular weight excluding hydrogens is 438 g/mol. The molecule has 5 rings (SSSR count). The predicted molar refractivity (Wildman–Crippen MR) is 124 cm³/mol. The van der Waals surface area contributed by atoms with Crippen molar-refractivity contribution in [1.82, 2.24) is 25.4 Å². The Labute approximate surface area is 193 Å². The largest absolute Gasteiger partial charge is 0.347 e. The van der Waals surface area contributed by atoms with Crippen molar-refractivity contribution in [3.8, 4) is 5.82 Å². The number of Topliss-reactive ketones (excluding diaryl/α,β-unsaturated/α-hetero) is 1. The van der Waals surface area contributed by atoms with E-state index in [1.54, 1.807) is 16.4 Å². The van der Waals surface area contributed by atoms with E-state index in [0.29, 0.717) is 10.7 Å². The van der Waals surface area contributed by atoms with E-state index in [9.17, 15) is 14.4 Å². The lowest BCUT2D eigenvalue weighted by molar-refractivity contribution is -0.139. The van der Waals surface area contributed by atoms with E-state index in [4.69, 9.17) is 0 Å². The molecule has 1 aliphatic rings. The van der Waals surface area contributed by atoms with E-state index < -0.39 is 23.6 Å². The van der Waals surface area contributed by atoms with Gasteiger partial charge in [-0.25, -0.2) is 9.67 Å². The summed E-state index contributed by atoms with van der Waals surface area (Å²) in [6.45, 7) is 0. The number of benzene rings is 2. The zero-order valence-electron chi connectivity index (χ0n) is 17.6. The first-order valence-corrected chi connectivity index (χ1v) is 11.5. The minimum Gasteiger partial charge on any atom is -0.347 e. The summed E-state index contributed by atoms with van der Waals surface area (Å²) in [7, 11) is 0. The minimum atomic E-state index is -0.995. The summed E-state index contributed by atoms with van der Waals surface area (Å²) >= 11 is 1.16. The van der Waals surface area contributed by atoms with Crippen LogP contribution in [0.3, 0.4) is 0 Å². The predicted octanol–water partition coefficient (Wildman–Crippen LogP) is 2.67. The molecule has 1 unspecified atom stereocenters. The van der Waals surface area contributed by atoms with Gasteiger partial charge in [0.05, 0.1) is 11.0 Å². The highest BCUT2D eigenvalue weighted by molar-refractivity contribution is 7.12. The Morgan fingerprint density at radius 3 is 2.58 bits per heavy atom. The van der Waals surface area contributed by atoms with E-state index in [1.807, 2.05) is 54.6 Å². The highest BCUT2D eigenvalue weighted by Crippen LogP contribution is 2.21. The third-order valence-electron chi connectivity index (χ3n) is 5.43. The van der Waals surface area contributed by atoms with Crippen LogP contribution in [0, 0.1) is 0 Å². The molecule has 9 heteroatoms. The first-order valence-electron chi connectivity index (χ1n) is 10.7. The molecule has 2 amide bonds. The average molecular weight is 460 g/mol. The number of nitrogens with zero attached hydrogens (tertiary/aromatic N) is 3. The van der Waals surface area contributed by atoms with Crippen LogP contribution in [0.4, 0.5) is 0 Å². The van der Waals surface area contributed by atoms with Crippen LogP contribution in [-0.2, 0) is 16.0 Å². The average Bonchev–Trinajstić information content (AvgIpc) is 3.33. The molecule has 1 atom stereocenters. The van der Waals surface area contributed by atoms with E-state index in [1.165, 1.54) is 0 Å². The van der Waals surface area contributed by atoms with E-state index in [2.05, 4.69) is 20.7 Å². The van der Waals surface area contributed by atoms with Crippen molar-refractivity contribution in [2.45, 2.75) is 31.3 Å². The maximum absolute atomic E-state index is 13.2. The highest BCUT2D eigenvalue weighted by atomic mass is 32.1. The van der Waals surface area contributed by atoms with Crippen molar-refractivity contribution in [2.24, 2.45) is 0 Å². The molecule has 1 saturated carbocycles. The maximum atomic E-state index is 13.2. The Hall–Kier alpha value is -3.85. The number of nitrogens with one attached hydrogen (secondary N) is 2. The van der Waals surface area contributed by atoms with Crippen LogP contribution < -0.4 is 10.6 Å². The first-order chi connectivity index (χ1) is 16.1. The molecule has 1 aliphatic carbocycles. The monoisotopic (exact) mass is 459 g/mol. The van der Waals surface area contributed by atoms with Gasteiger partial charge in [-0.2, -0.15) is 5.10 Å². The van der Waals surface area contributed by atoms with Gasteiger partial charge in [-0.15, -0.1) is 11.3 Å². The number of hydrogen-bond donors (Lipinski definition) is 2. The molecule has 166 valence electrons. The van der Waals surface area contributed by atoms with E-state index >= 15 is 0 Å². The van der Waals surface area contributed by atoms with Crippen LogP contribution >= 0.6 is 11.3 Å². The molecule has 0 spiro atoms. The number of thiazole rings is 1. The number of rotatable bonds is 8. The molecule has 2 aromatic carbocycles. The van der Waals surface area contributed by atoms with Crippen LogP contribution in [0.15, 0.2) is 66.3 Å². The molecule has 4 aromatic rings. The third kappa shape index (κ3) is 4.68. The standard InChI is InChI=1S/C24H21N5O3S/c30-20(23(31)26-17-10-11-17)19(12-15-6-2-1-3-7-15)27-24(32)21-22(25-14-33-21)29-13-16-8-4-5-9-18(16)28-29/h1-9,13-14,17,19H,10-12H2,(H,26,31)(H,27,32). The van der Waals surface area contributed by atoms with Crippen molar-refractivity contribution in [1.29, 1.82) is 0 Å². The first kappa shape index (κ1) is 21.0. The third-order valence-corrected chi connectivity index (χ3v) is 6.24. The fourth-order valence-electron chi connectivity index (χ4n) is 3.56. The number of carbonyl (C=O) groups excluding carboxylic acids is 3.